The zero-order valence-corrected chi connectivity index (χ0v) is 23.0. The lowest BCUT2D eigenvalue weighted by molar-refractivity contribution is -0.385. The van der Waals surface area contributed by atoms with E-state index in [1.54, 1.807) is 0 Å². The fraction of sp³-hybridized carbons (Fsp3) is 0.286. The molecule has 0 aromatic heterocycles. The number of carbonyl (C=O) groups excluding carboxylic acids is 2. The molecule has 2 amide bonds. The highest BCUT2D eigenvalue weighted by atomic mass is 79.9. The fourth-order valence-corrected chi connectivity index (χ4v) is 4.34. The topological polar surface area (TPSA) is 111 Å². The van der Waals surface area contributed by atoms with Crippen LogP contribution < -0.4 is 14.8 Å². The molecule has 0 saturated heterocycles. The van der Waals surface area contributed by atoms with Crippen LogP contribution in [0.15, 0.2) is 77.3 Å². The molecule has 200 valence electrons. The lowest BCUT2D eigenvalue weighted by Gasteiger charge is -2.32. The smallest absolute Gasteiger partial charge is 0.311 e. The van der Waals surface area contributed by atoms with Gasteiger partial charge < -0.3 is 19.7 Å². The summed E-state index contributed by atoms with van der Waals surface area (Å²) in [5.41, 5.74) is 1.53. The number of amides is 2. The Morgan fingerprint density at radius 1 is 1.03 bits per heavy atom. The van der Waals surface area contributed by atoms with Crippen LogP contribution in [-0.2, 0) is 22.6 Å². The van der Waals surface area contributed by atoms with E-state index in [1.165, 1.54) is 30.2 Å². The van der Waals surface area contributed by atoms with E-state index in [9.17, 15) is 19.7 Å². The Hall–Kier alpha value is -3.92. The van der Waals surface area contributed by atoms with Crippen LogP contribution in [0.3, 0.4) is 0 Å². The molecule has 0 bridgehead atoms. The number of nitrogens with one attached hydrogen (secondary N) is 1. The van der Waals surface area contributed by atoms with Gasteiger partial charge in [0.05, 0.1) is 12.0 Å². The Morgan fingerprint density at radius 3 is 2.37 bits per heavy atom. The van der Waals surface area contributed by atoms with Crippen molar-refractivity contribution in [2.24, 2.45) is 0 Å². The molecule has 0 aliphatic rings. The number of carbonyl (C=O) groups is 2. The molecule has 10 heteroatoms. The first-order valence-electron chi connectivity index (χ1n) is 12.0. The first-order chi connectivity index (χ1) is 18.2. The molecule has 1 unspecified atom stereocenters. The lowest BCUT2D eigenvalue weighted by Crippen LogP contribution is -2.52. The average molecular weight is 584 g/mol. The van der Waals surface area contributed by atoms with Crippen LogP contribution >= 0.6 is 15.9 Å². The highest BCUT2D eigenvalue weighted by molar-refractivity contribution is 9.10. The number of hydrogen-bond acceptors (Lipinski definition) is 6. The number of benzene rings is 3. The summed E-state index contributed by atoms with van der Waals surface area (Å²) in [6.45, 7) is 3.52. The minimum Gasteiger partial charge on any atom is -0.490 e. The maximum Gasteiger partial charge on any atom is 0.311 e. The van der Waals surface area contributed by atoms with Crippen molar-refractivity contribution in [2.45, 2.75) is 38.9 Å². The molecule has 1 N–H and O–H groups in total. The molecular weight excluding hydrogens is 554 g/mol. The van der Waals surface area contributed by atoms with Gasteiger partial charge in [0.2, 0.25) is 11.7 Å². The molecular formula is C28H30BrN3O6. The maximum absolute atomic E-state index is 13.6. The second kappa shape index (κ2) is 13.6. The van der Waals surface area contributed by atoms with E-state index in [-0.39, 0.29) is 42.3 Å². The second-order valence-corrected chi connectivity index (χ2v) is 9.82. The Kier molecular flexibility index (Phi) is 10.2. The largest absolute Gasteiger partial charge is 0.490 e. The van der Waals surface area contributed by atoms with Crippen molar-refractivity contribution in [2.75, 3.05) is 13.7 Å². The Bertz CT molecular complexity index is 1270. The Balaban J connectivity index is 1.91. The standard InChI is InChI=1S/C28H30BrN3O6/c1-19(2)30-28(34)25(15-20-8-5-4-6-9-20)31(17-21-10-7-11-22(29)14-21)27(33)18-38-23-12-13-24(32(35)36)26(16-23)37-3/h4-14,16,19,25H,15,17-18H2,1-3H3,(H,30,34). The molecule has 0 saturated carbocycles. The molecule has 38 heavy (non-hydrogen) atoms. The monoisotopic (exact) mass is 583 g/mol. The quantitative estimate of drug-likeness (QED) is 0.239. The highest BCUT2D eigenvalue weighted by Crippen LogP contribution is 2.31. The summed E-state index contributed by atoms with van der Waals surface area (Å²) in [5, 5.41) is 14.1. The van der Waals surface area contributed by atoms with Gasteiger partial charge in [-0.2, -0.15) is 0 Å². The normalized spacial score (nSPS) is 11.5. The van der Waals surface area contributed by atoms with Gasteiger partial charge in [-0.1, -0.05) is 58.4 Å². The van der Waals surface area contributed by atoms with Crippen LogP contribution in [0.5, 0.6) is 11.5 Å². The van der Waals surface area contributed by atoms with E-state index in [0.29, 0.717) is 6.42 Å². The summed E-state index contributed by atoms with van der Waals surface area (Å²) in [5.74, 6) is -0.440. The lowest BCUT2D eigenvalue weighted by atomic mass is 10.0. The van der Waals surface area contributed by atoms with E-state index in [1.807, 2.05) is 68.4 Å². The molecule has 1 atom stereocenters. The fourth-order valence-electron chi connectivity index (χ4n) is 3.89. The van der Waals surface area contributed by atoms with Crippen molar-refractivity contribution in [3.63, 3.8) is 0 Å². The van der Waals surface area contributed by atoms with Crippen molar-refractivity contribution in [1.29, 1.82) is 0 Å². The summed E-state index contributed by atoms with van der Waals surface area (Å²) < 4.78 is 11.7. The van der Waals surface area contributed by atoms with Gasteiger partial charge in [-0.15, -0.1) is 0 Å². The predicted octanol–water partition coefficient (Wildman–Crippen LogP) is 4.91. The molecule has 3 aromatic rings. The highest BCUT2D eigenvalue weighted by Gasteiger charge is 2.31. The van der Waals surface area contributed by atoms with Gasteiger partial charge in [0.1, 0.15) is 11.8 Å². The molecule has 0 spiro atoms. The number of methoxy groups -OCH3 is 1. The van der Waals surface area contributed by atoms with Gasteiger partial charge in [-0.25, -0.2) is 0 Å². The Labute approximate surface area is 230 Å². The third kappa shape index (κ3) is 8.04. The number of ether oxygens (including phenoxy) is 2. The molecule has 3 aromatic carbocycles. The summed E-state index contributed by atoms with van der Waals surface area (Å²) in [6, 6.07) is 20.1. The van der Waals surface area contributed by atoms with Crippen LogP contribution in [-0.4, -0.2) is 47.4 Å². The molecule has 0 fully saturated rings. The number of nitrogens with zero attached hydrogens (tertiary/aromatic N) is 2. The third-order valence-corrected chi connectivity index (χ3v) is 6.15. The third-order valence-electron chi connectivity index (χ3n) is 5.65. The van der Waals surface area contributed by atoms with Crippen molar-refractivity contribution in [3.05, 3.63) is 98.5 Å². The number of nitro groups is 1. The van der Waals surface area contributed by atoms with E-state index in [4.69, 9.17) is 9.47 Å². The zero-order chi connectivity index (χ0) is 27.7. The summed E-state index contributed by atoms with van der Waals surface area (Å²) in [6.07, 6.45) is 0.310. The maximum atomic E-state index is 13.6. The molecule has 0 radical (unpaired) electrons. The van der Waals surface area contributed by atoms with Gasteiger partial charge in [0.25, 0.3) is 5.91 Å². The van der Waals surface area contributed by atoms with E-state index >= 15 is 0 Å². The number of nitro benzene ring substituents is 1. The summed E-state index contributed by atoms with van der Waals surface area (Å²) >= 11 is 3.47. The van der Waals surface area contributed by atoms with Crippen molar-refractivity contribution < 1.29 is 24.0 Å². The summed E-state index contributed by atoms with van der Waals surface area (Å²) in [4.78, 5) is 39.2. The first-order valence-corrected chi connectivity index (χ1v) is 12.8. The Morgan fingerprint density at radius 2 is 1.74 bits per heavy atom. The van der Waals surface area contributed by atoms with E-state index in [2.05, 4.69) is 21.2 Å². The average Bonchev–Trinajstić information content (AvgIpc) is 2.89. The first kappa shape index (κ1) is 28.6. The van der Waals surface area contributed by atoms with Crippen LogP contribution in [0.1, 0.15) is 25.0 Å². The van der Waals surface area contributed by atoms with E-state index < -0.39 is 16.9 Å². The molecule has 0 aliphatic heterocycles. The van der Waals surface area contributed by atoms with Gasteiger partial charge >= 0.3 is 5.69 Å². The van der Waals surface area contributed by atoms with Gasteiger partial charge in [0.15, 0.2) is 6.61 Å². The van der Waals surface area contributed by atoms with E-state index in [0.717, 1.165) is 15.6 Å². The minimum atomic E-state index is -0.804. The minimum absolute atomic E-state index is 0.0178. The number of halogens is 1. The predicted molar refractivity (Wildman–Crippen MR) is 147 cm³/mol. The zero-order valence-electron chi connectivity index (χ0n) is 21.4. The van der Waals surface area contributed by atoms with Crippen LogP contribution in [0.2, 0.25) is 0 Å². The summed E-state index contributed by atoms with van der Waals surface area (Å²) in [7, 11) is 1.32. The molecule has 3 rings (SSSR count). The SMILES string of the molecule is COc1cc(OCC(=O)N(Cc2cccc(Br)c2)C(Cc2ccccc2)C(=O)NC(C)C)ccc1[N+](=O)[O-]. The van der Waals surface area contributed by atoms with Crippen LogP contribution in [0.25, 0.3) is 0 Å². The van der Waals surface area contributed by atoms with Crippen LogP contribution in [0, 0.1) is 10.1 Å². The number of hydrogen-bond donors (Lipinski definition) is 1. The number of rotatable bonds is 12. The van der Waals surface area contributed by atoms with Gasteiger partial charge in [-0.3, -0.25) is 19.7 Å². The van der Waals surface area contributed by atoms with Crippen molar-refractivity contribution >= 4 is 33.4 Å². The second-order valence-electron chi connectivity index (χ2n) is 8.90. The van der Waals surface area contributed by atoms with Crippen molar-refractivity contribution in [3.8, 4) is 11.5 Å². The molecule has 0 aliphatic carbocycles. The van der Waals surface area contributed by atoms with Crippen LogP contribution in [0.4, 0.5) is 5.69 Å². The molecule has 0 heterocycles. The van der Waals surface area contributed by atoms with Crippen molar-refractivity contribution in [1.82, 2.24) is 10.2 Å². The van der Waals surface area contributed by atoms with Gasteiger partial charge in [0, 0.05) is 35.6 Å². The van der Waals surface area contributed by atoms with Gasteiger partial charge in [-0.05, 0) is 43.2 Å². The molecule has 9 nitrogen and oxygen atoms in total.